The second-order valence-corrected chi connectivity index (χ2v) is 19.4. The van der Waals surface area contributed by atoms with Crippen LogP contribution in [-0.4, -0.2) is 6.10 Å². The number of benzene rings is 12. The van der Waals surface area contributed by atoms with Crippen molar-refractivity contribution >= 4 is 99.2 Å². The lowest BCUT2D eigenvalue weighted by molar-refractivity contribution is 0.269. The molecule has 1 aromatic heterocycles. The molecule has 0 saturated heterocycles. The van der Waals surface area contributed by atoms with Gasteiger partial charge in [-0.05, 0) is 115 Å². The maximum absolute atomic E-state index is 6.96. The lowest BCUT2D eigenvalue weighted by Gasteiger charge is -2.30. The summed E-state index contributed by atoms with van der Waals surface area (Å²) >= 11 is 0. The topological polar surface area (TPSA) is 28.9 Å². The number of fused-ring (bicyclic) bond motifs is 10. The molecular formula is C70H46N2O2. The predicted octanol–water partition coefficient (Wildman–Crippen LogP) is 19.4. The van der Waals surface area contributed by atoms with Crippen LogP contribution in [0.4, 0.5) is 34.1 Å². The highest BCUT2D eigenvalue weighted by Gasteiger charge is 2.36. The summed E-state index contributed by atoms with van der Waals surface area (Å²) in [5, 5.41) is 11.5. The monoisotopic (exact) mass is 946 g/mol. The zero-order chi connectivity index (χ0) is 48.7. The van der Waals surface area contributed by atoms with Crippen molar-refractivity contribution in [3.8, 4) is 28.0 Å². The zero-order valence-electron chi connectivity index (χ0n) is 40.3. The molecular weight excluding hydrogens is 901 g/mol. The van der Waals surface area contributed by atoms with E-state index >= 15 is 0 Å². The maximum atomic E-state index is 6.96. The fourth-order valence-corrected chi connectivity index (χ4v) is 12.1. The quantitative estimate of drug-likeness (QED) is 0.142. The van der Waals surface area contributed by atoms with Gasteiger partial charge in [0.25, 0.3) is 0 Å². The van der Waals surface area contributed by atoms with Gasteiger partial charge in [-0.15, -0.1) is 0 Å². The Morgan fingerprint density at radius 1 is 0.338 bits per heavy atom. The second-order valence-electron chi connectivity index (χ2n) is 19.4. The molecule has 0 bridgehead atoms. The van der Waals surface area contributed by atoms with Crippen LogP contribution in [-0.2, 0) is 0 Å². The van der Waals surface area contributed by atoms with Crippen LogP contribution in [0.3, 0.4) is 0 Å². The van der Waals surface area contributed by atoms with Crippen LogP contribution in [0.1, 0.15) is 11.5 Å². The molecule has 2 aliphatic rings. The van der Waals surface area contributed by atoms with Gasteiger partial charge in [-0.25, -0.2) is 0 Å². The lowest BCUT2D eigenvalue weighted by atomic mass is 9.85. The van der Waals surface area contributed by atoms with Gasteiger partial charge in [0.2, 0.25) is 0 Å². The first-order valence-electron chi connectivity index (χ1n) is 25.5. The van der Waals surface area contributed by atoms with Crippen LogP contribution < -0.4 is 14.5 Å². The molecule has 0 amide bonds. The van der Waals surface area contributed by atoms with E-state index in [9.17, 15) is 0 Å². The van der Waals surface area contributed by atoms with Crippen LogP contribution >= 0.6 is 0 Å². The number of rotatable bonds is 8. The van der Waals surface area contributed by atoms with Crippen molar-refractivity contribution in [3.63, 3.8) is 0 Å². The van der Waals surface area contributed by atoms with Gasteiger partial charge in [0.15, 0.2) is 5.58 Å². The Morgan fingerprint density at radius 2 is 0.824 bits per heavy atom. The van der Waals surface area contributed by atoms with Crippen molar-refractivity contribution in [1.82, 2.24) is 0 Å². The van der Waals surface area contributed by atoms with Crippen LogP contribution in [0.5, 0.6) is 5.75 Å². The lowest BCUT2D eigenvalue weighted by Crippen LogP contribution is -2.16. The fraction of sp³-hybridized carbons (Fsp3) is 0.0286. The summed E-state index contributed by atoms with van der Waals surface area (Å²) in [4.78, 5) is 4.83. The molecule has 74 heavy (non-hydrogen) atoms. The van der Waals surface area contributed by atoms with Crippen molar-refractivity contribution < 1.29 is 9.15 Å². The Hall–Kier alpha value is -9.64. The third-order valence-electron chi connectivity index (χ3n) is 15.3. The molecule has 4 heteroatoms. The molecule has 4 nitrogen and oxygen atoms in total. The van der Waals surface area contributed by atoms with Gasteiger partial charge >= 0.3 is 0 Å². The number of anilines is 6. The zero-order valence-corrected chi connectivity index (χ0v) is 40.3. The largest absolute Gasteiger partial charge is 0.483 e. The molecule has 2 unspecified atom stereocenters. The third kappa shape index (κ3) is 6.62. The van der Waals surface area contributed by atoms with E-state index in [1.54, 1.807) is 0 Å². The van der Waals surface area contributed by atoms with Crippen LogP contribution in [0, 0.1) is 0 Å². The first kappa shape index (κ1) is 42.1. The number of allylic oxidation sites excluding steroid dienone is 2. The molecule has 0 spiro atoms. The van der Waals surface area contributed by atoms with E-state index in [0.29, 0.717) is 0 Å². The van der Waals surface area contributed by atoms with E-state index in [0.717, 1.165) is 105 Å². The van der Waals surface area contributed by atoms with E-state index in [1.807, 2.05) is 6.07 Å². The van der Waals surface area contributed by atoms with E-state index < -0.39 is 0 Å². The Kier molecular flexibility index (Phi) is 9.67. The maximum Gasteiger partial charge on any atom is 0.159 e. The van der Waals surface area contributed by atoms with Crippen molar-refractivity contribution in [3.05, 3.63) is 273 Å². The number of nitrogens with zero attached hydrogens (tertiary/aromatic N) is 2. The SMILES string of the molecule is C1=CC2Oc3c(cccc3N(c3ccc4c(-c5ccccc5)c5cc(N(c6cccc7ccccc67)c6cccc7c6oc6ccccc67)ccc5c(-c5ccccc5)c4c3)c3cccc4ccccc34)C2C=C1. The molecule has 12 aromatic carbocycles. The first-order valence-corrected chi connectivity index (χ1v) is 25.5. The van der Waals surface area contributed by atoms with Crippen LogP contribution in [0.15, 0.2) is 271 Å². The summed E-state index contributed by atoms with van der Waals surface area (Å²) in [5.74, 6) is 1.07. The molecule has 0 radical (unpaired) electrons. The van der Waals surface area contributed by atoms with E-state index in [4.69, 9.17) is 9.15 Å². The standard InChI is InChI=1S/C70H46N2O2/c1-3-21-47(22-4-1)67-55-41-39-50(72(62-34-16-26-46-20-8-10-28-52(46)62)64-36-18-32-58-54-30-12-14-38-66(54)74-70(58)64)44-60(55)68(48-23-5-2-6-24-48)56-42-40-49(43-59(56)67)71(61-33-15-25-45-19-7-9-27-51(45)61)63-35-17-31-57-53-29-11-13-37-65(53)73-69(57)63/h1-44,53,65H. The summed E-state index contributed by atoms with van der Waals surface area (Å²) in [7, 11) is 0. The number of hydrogen-bond donors (Lipinski definition) is 0. The Morgan fingerprint density at radius 3 is 1.47 bits per heavy atom. The number of furan rings is 1. The molecule has 0 N–H and O–H groups in total. The van der Waals surface area contributed by atoms with Gasteiger partial charge in [-0.3, -0.25) is 0 Å². The molecule has 0 saturated carbocycles. The number of para-hydroxylation sites is 3. The Labute approximate surface area is 428 Å². The minimum absolute atomic E-state index is 0.0559. The molecule has 1 aliphatic carbocycles. The van der Waals surface area contributed by atoms with Gasteiger partial charge in [0.1, 0.15) is 17.4 Å². The number of ether oxygens (including phenoxy) is 1. The van der Waals surface area contributed by atoms with E-state index in [2.05, 4.69) is 271 Å². The van der Waals surface area contributed by atoms with Gasteiger partial charge in [0, 0.05) is 44.4 Å². The summed E-state index contributed by atoms with van der Waals surface area (Å²) in [6.45, 7) is 0. The van der Waals surface area contributed by atoms with Crippen molar-refractivity contribution in [2.24, 2.45) is 0 Å². The van der Waals surface area contributed by atoms with Crippen molar-refractivity contribution in [2.75, 3.05) is 9.80 Å². The molecule has 13 aromatic rings. The second kappa shape index (κ2) is 17.0. The molecule has 0 fully saturated rings. The van der Waals surface area contributed by atoms with E-state index in [1.165, 1.54) is 27.5 Å². The number of hydrogen-bond acceptors (Lipinski definition) is 4. The van der Waals surface area contributed by atoms with Gasteiger partial charge in [0.05, 0.1) is 22.7 Å². The molecule has 1 aliphatic heterocycles. The van der Waals surface area contributed by atoms with Gasteiger partial charge in [-0.1, -0.05) is 206 Å². The minimum atomic E-state index is -0.0559. The predicted molar refractivity (Wildman–Crippen MR) is 309 cm³/mol. The van der Waals surface area contributed by atoms with E-state index in [-0.39, 0.29) is 12.0 Å². The van der Waals surface area contributed by atoms with Crippen molar-refractivity contribution in [2.45, 2.75) is 12.0 Å². The average molecular weight is 947 g/mol. The highest BCUT2D eigenvalue weighted by Crippen LogP contribution is 2.54. The third-order valence-corrected chi connectivity index (χ3v) is 15.3. The van der Waals surface area contributed by atoms with Crippen LogP contribution in [0.2, 0.25) is 0 Å². The van der Waals surface area contributed by atoms with Gasteiger partial charge < -0.3 is 19.0 Å². The van der Waals surface area contributed by atoms with Gasteiger partial charge in [-0.2, -0.15) is 0 Å². The summed E-state index contributed by atoms with van der Waals surface area (Å²) in [6, 6.07) is 88.1. The molecule has 2 atom stereocenters. The fourth-order valence-electron chi connectivity index (χ4n) is 12.1. The summed E-state index contributed by atoms with van der Waals surface area (Å²) < 4.78 is 13.8. The highest BCUT2D eigenvalue weighted by atomic mass is 16.5. The summed E-state index contributed by atoms with van der Waals surface area (Å²) in [6.07, 6.45) is 8.64. The molecule has 2 heterocycles. The summed E-state index contributed by atoms with van der Waals surface area (Å²) in [5.41, 5.74) is 13.8. The Balaban J connectivity index is 1.03. The highest BCUT2D eigenvalue weighted by molar-refractivity contribution is 6.23. The molecule has 15 rings (SSSR count). The smallest absolute Gasteiger partial charge is 0.159 e. The average Bonchev–Trinajstić information content (AvgIpc) is 4.05. The minimum Gasteiger partial charge on any atom is -0.483 e. The Bertz CT molecular complexity index is 4430. The van der Waals surface area contributed by atoms with Crippen LogP contribution in [0.25, 0.3) is 87.3 Å². The normalized spacial score (nSPS) is 14.8. The first-order chi connectivity index (χ1) is 36.7. The molecule has 348 valence electrons. The van der Waals surface area contributed by atoms with Crippen molar-refractivity contribution in [1.29, 1.82) is 0 Å².